The maximum absolute atomic E-state index is 12.8. The van der Waals surface area contributed by atoms with Crippen LogP contribution >= 0.6 is 11.6 Å². The molecule has 0 aliphatic rings. The number of anilines is 4. The molecule has 4 nitrogen and oxygen atoms in total. The van der Waals surface area contributed by atoms with Crippen LogP contribution in [-0.4, -0.2) is 9.97 Å². The minimum atomic E-state index is -4.38. The maximum Gasteiger partial charge on any atom is 0.416 e. The van der Waals surface area contributed by atoms with Crippen molar-refractivity contribution in [3.8, 4) is 11.3 Å². The zero-order valence-corrected chi connectivity index (χ0v) is 16.7. The van der Waals surface area contributed by atoms with Gasteiger partial charge >= 0.3 is 6.18 Å². The Morgan fingerprint density at radius 1 is 0.742 bits per heavy atom. The summed E-state index contributed by atoms with van der Waals surface area (Å²) in [6.07, 6.45) is -2.98. The van der Waals surface area contributed by atoms with E-state index in [1.54, 1.807) is 12.1 Å². The van der Waals surface area contributed by atoms with Gasteiger partial charge in [0.2, 0.25) is 0 Å². The summed E-state index contributed by atoms with van der Waals surface area (Å²) in [6.45, 7) is 0. The standard InChI is InChI=1S/C23H16ClF3N4/c24-18-6-2-4-8-20(18)31-19-7-3-1-5-17(19)21-13-22(29-14-28-21)30-16-11-9-15(10-12-16)23(25,26)27/h1-14,31H,(H,28,29,30). The summed E-state index contributed by atoms with van der Waals surface area (Å²) in [5.41, 5.74) is 2.80. The van der Waals surface area contributed by atoms with Gasteiger partial charge in [0, 0.05) is 23.0 Å². The number of para-hydroxylation sites is 2. The lowest BCUT2D eigenvalue weighted by atomic mass is 10.1. The van der Waals surface area contributed by atoms with E-state index < -0.39 is 11.7 Å². The lowest BCUT2D eigenvalue weighted by Crippen LogP contribution is -2.04. The van der Waals surface area contributed by atoms with Crippen LogP contribution in [0.5, 0.6) is 0 Å². The molecule has 1 heterocycles. The van der Waals surface area contributed by atoms with E-state index in [1.807, 2.05) is 42.5 Å². The van der Waals surface area contributed by atoms with Gasteiger partial charge in [0.1, 0.15) is 12.1 Å². The number of hydrogen-bond acceptors (Lipinski definition) is 4. The molecule has 0 fully saturated rings. The Balaban J connectivity index is 1.60. The second kappa shape index (κ2) is 8.65. The Kier molecular flexibility index (Phi) is 5.77. The van der Waals surface area contributed by atoms with Gasteiger partial charge < -0.3 is 10.6 Å². The summed E-state index contributed by atoms with van der Waals surface area (Å²) in [6, 6.07) is 21.5. The summed E-state index contributed by atoms with van der Waals surface area (Å²) in [5, 5.41) is 6.91. The van der Waals surface area contributed by atoms with E-state index in [1.165, 1.54) is 18.5 Å². The first-order valence-corrected chi connectivity index (χ1v) is 9.65. The molecule has 0 spiro atoms. The van der Waals surface area contributed by atoms with Gasteiger partial charge in [0.25, 0.3) is 0 Å². The topological polar surface area (TPSA) is 49.8 Å². The van der Waals surface area contributed by atoms with Crippen molar-refractivity contribution in [2.75, 3.05) is 10.6 Å². The maximum atomic E-state index is 12.8. The van der Waals surface area contributed by atoms with Gasteiger partial charge in [-0.05, 0) is 42.5 Å². The van der Waals surface area contributed by atoms with E-state index in [-0.39, 0.29) is 0 Å². The molecule has 0 atom stereocenters. The summed E-state index contributed by atoms with van der Waals surface area (Å²) >= 11 is 6.26. The van der Waals surface area contributed by atoms with E-state index >= 15 is 0 Å². The van der Waals surface area contributed by atoms with Gasteiger partial charge in [-0.3, -0.25) is 0 Å². The molecule has 0 unspecified atom stereocenters. The van der Waals surface area contributed by atoms with E-state index in [2.05, 4.69) is 20.6 Å². The molecule has 0 amide bonds. The Bertz CT molecular complexity index is 1190. The fraction of sp³-hybridized carbons (Fsp3) is 0.0435. The smallest absolute Gasteiger partial charge is 0.354 e. The van der Waals surface area contributed by atoms with Crippen molar-refractivity contribution in [2.45, 2.75) is 6.18 Å². The third kappa shape index (κ3) is 4.95. The molecule has 0 bridgehead atoms. The van der Waals surface area contributed by atoms with E-state index in [4.69, 9.17) is 11.6 Å². The number of rotatable bonds is 5. The number of alkyl halides is 3. The molecule has 2 N–H and O–H groups in total. The van der Waals surface area contributed by atoms with E-state index in [0.29, 0.717) is 22.2 Å². The van der Waals surface area contributed by atoms with Gasteiger partial charge in [0.15, 0.2) is 0 Å². The number of aromatic nitrogens is 2. The van der Waals surface area contributed by atoms with Crippen LogP contribution < -0.4 is 10.6 Å². The average Bonchev–Trinajstić information content (AvgIpc) is 2.76. The predicted octanol–water partition coefficient (Wildman–Crippen LogP) is 7.30. The first kappa shape index (κ1) is 20.7. The first-order chi connectivity index (χ1) is 14.9. The van der Waals surface area contributed by atoms with E-state index in [0.717, 1.165) is 29.1 Å². The summed E-state index contributed by atoms with van der Waals surface area (Å²) in [7, 11) is 0. The number of nitrogens with one attached hydrogen (secondary N) is 2. The second-order valence-electron chi connectivity index (χ2n) is 6.64. The molecule has 1 aromatic heterocycles. The summed E-state index contributed by atoms with van der Waals surface area (Å²) in [5.74, 6) is 0.456. The van der Waals surface area contributed by atoms with Crippen LogP contribution in [0.4, 0.5) is 36.1 Å². The molecule has 0 saturated heterocycles. The number of halogens is 4. The Morgan fingerprint density at radius 2 is 1.42 bits per heavy atom. The van der Waals surface area contributed by atoms with Crippen LogP contribution in [0.1, 0.15) is 5.56 Å². The van der Waals surface area contributed by atoms with Gasteiger partial charge in [0.05, 0.1) is 22.0 Å². The van der Waals surface area contributed by atoms with Gasteiger partial charge in [-0.25, -0.2) is 9.97 Å². The first-order valence-electron chi connectivity index (χ1n) is 9.27. The molecule has 156 valence electrons. The highest BCUT2D eigenvalue weighted by Crippen LogP contribution is 2.33. The molecule has 31 heavy (non-hydrogen) atoms. The minimum absolute atomic E-state index is 0.456. The zero-order chi connectivity index (χ0) is 21.8. The molecule has 0 saturated carbocycles. The Morgan fingerprint density at radius 3 is 2.13 bits per heavy atom. The third-order valence-electron chi connectivity index (χ3n) is 4.50. The number of hydrogen-bond donors (Lipinski definition) is 2. The van der Waals surface area contributed by atoms with Crippen molar-refractivity contribution in [1.29, 1.82) is 0 Å². The number of benzene rings is 3. The van der Waals surface area contributed by atoms with Crippen molar-refractivity contribution in [3.63, 3.8) is 0 Å². The molecule has 0 aliphatic carbocycles. The van der Waals surface area contributed by atoms with Crippen LogP contribution in [0.2, 0.25) is 5.02 Å². The van der Waals surface area contributed by atoms with Gasteiger partial charge in [-0.1, -0.05) is 41.9 Å². The highest BCUT2D eigenvalue weighted by atomic mass is 35.5. The van der Waals surface area contributed by atoms with E-state index in [9.17, 15) is 13.2 Å². The van der Waals surface area contributed by atoms with Crippen LogP contribution in [0.3, 0.4) is 0 Å². The number of nitrogens with zero attached hydrogens (tertiary/aromatic N) is 2. The fourth-order valence-corrected chi connectivity index (χ4v) is 3.17. The van der Waals surface area contributed by atoms with Crippen molar-refractivity contribution in [1.82, 2.24) is 9.97 Å². The molecule has 4 aromatic rings. The van der Waals surface area contributed by atoms with Gasteiger partial charge in [-0.15, -0.1) is 0 Å². The molecule has 0 radical (unpaired) electrons. The van der Waals surface area contributed by atoms with Crippen LogP contribution in [-0.2, 0) is 6.18 Å². The van der Waals surface area contributed by atoms with Crippen LogP contribution in [0.25, 0.3) is 11.3 Å². The lowest BCUT2D eigenvalue weighted by molar-refractivity contribution is -0.137. The predicted molar refractivity (Wildman–Crippen MR) is 117 cm³/mol. The normalized spacial score (nSPS) is 11.2. The quantitative estimate of drug-likeness (QED) is 0.342. The Labute approximate surface area is 181 Å². The van der Waals surface area contributed by atoms with Crippen molar-refractivity contribution >= 4 is 34.5 Å². The summed E-state index contributed by atoms with van der Waals surface area (Å²) in [4.78, 5) is 8.52. The fourth-order valence-electron chi connectivity index (χ4n) is 2.99. The molecule has 0 aliphatic heterocycles. The van der Waals surface area contributed by atoms with Crippen molar-refractivity contribution < 1.29 is 13.2 Å². The second-order valence-corrected chi connectivity index (χ2v) is 7.05. The van der Waals surface area contributed by atoms with Crippen molar-refractivity contribution in [3.05, 3.63) is 95.8 Å². The lowest BCUT2D eigenvalue weighted by Gasteiger charge is -2.14. The molecule has 8 heteroatoms. The highest BCUT2D eigenvalue weighted by Gasteiger charge is 2.29. The summed E-state index contributed by atoms with van der Waals surface area (Å²) < 4.78 is 38.3. The molecular formula is C23H16ClF3N4. The minimum Gasteiger partial charge on any atom is -0.354 e. The third-order valence-corrected chi connectivity index (χ3v) is 4.83. The molecule has 4 rings (SSSR count). The molecule has 3 aromatic carbocycles. The van der Waals surface area contributed by atoms with Crippen LogP contribution in [0.15, 0.2) is 85.2 Å². The highest BCUT2D eigenvalue weighted by molar-refractivity contribution is 6.33. The molecular weight excluding hydrogens is 425 g/mol. The SMILES string of the molecule is FC(F)(F)c1ccc(Nc2cc(-c3ccccc3Nc3ccccc3Cl)ncn2)cc1. The van der Waals surface area contributed by atoms with Crippen LogP contribution in [0, 0.1) is 0 Å². The Hall–Kier alpha value is -3.58. The monoisotopic (exact) mass is 440 g/mol. The largest absolute Gasteiger partial charge is 0.416 e. The zero-order valence-electron chi connectivity index (χ0n) is 16.0. The van der Waals surface area contributed by atoms with Gasteiger partial charge in [-0.2, -0.15) is 13.2 Å². The van der Waals surface area contributed by atoms with Crippen molar-refractivity contribution in [2.24, 2.45) is 0 Å². The average molecular weight is 441 g/mol.